The summed E-state index contributed by atoms with van der Waals surface area (Å²) in [6, 6.07) is 6.41. The smallest absolute Gasteiger partial charge is 0.407 e. The molecule has 8 heteroatoms. The van der Waals surface area contributed by atoms with Gasteiger partial charge in [-0.2, -0.15) is 0 Å². The van der Waals surface area contributed by atoms with Crippen molar-refractivity contribution in [3.05, 3.63) is 35.4 Å². The van der Waals surface area contributed by atoms with Gasteiger partial charge in [0.1, 0.15) is 17.8 Å². The molecule has 0 aliphatic rings. The first-order valence-electron chi connectivity index (χ1n) is 7.47. The van der Waals surface area contributed by atoms with Crippen molar-refractivity contribution < 1.29 is 28.2 Å². The first kappa shape index (κ1) is 20.4. The lowest BCUT2D eigenvalue weighted by molar-refractivity contribution is 0.0126. The van der Waals surface area contributed by atoms with E-state index in [0.29, 0.717) is 11.1 Å². The molecule has 0 aromatic heterocycles. The van der Waals surface area contributed by atoms with Gasteiger partial charge in [-0.05, 0) is 31.9 Å². The fourth-order valence-corrected chi connectivity index (χ4v) is 2.89. The molecule has 1 rings (SSSR count). The molecule has 7 nitrogen and oxygen atoms in total. The highest BCUT2D eigenvalue weighted by Gasteiger charge is 2.24. The van der Waals surface area contributed by atoms with Crippen LogP contribution in [0.4, 0.5) is 4.79 Å². The number of ether oxygens (including phenoxy) is 1. The van der Waals surface area contributed by atoms with Crippen molar-refractivity contribution in [1.29, 1.82) is 0 Å². The van der Waals surface area contributed by atoms with Crippen molar-refractivity contribution in [3.8, 4) is 0 Å². The first-order chi connectivity index (χ1) is 10.9. The van der Waals surface area contributed by atoms with Gasteiger partial charge in [-0.3, -0.25) is 0 Å². The van der Waals surface area contributed by atoms with Crippen molar-refractivity contribution in [2.45, 2.75) is 44.3 Å². The van der Waals surface area contributed by atoms with E-state index in [-0.39, 0.29) is 12.3 Å². The second-order valence-electron chi connectivity index (χ2n) is 6.66. The highest BCUT2D eigenvalue weighted by molar-refractivity contribution is 7.89. The summed E-state index contributed by atoms with van der Waals surface area (Å²) in [4.78, 5) is 11.6. The van der Waals surface area contributed by atoms with Crippen LogP contribution in [0, 0.1) is 0 Å². The highest BCUT2D eigenvalue weighted by atomic mass is 32.2. The third kappa shape index (κ3) is 7.29. The monoisotopic (exact) mass is 359 g/mol. The molecule has 0 bridgehead atoms. The Morgan fingerprint density at radius 3 is 2.38 bits per heavy atom. The second kappa shape index (κ2) is 7.96. The van der Waals surface area contributed by atoms with Crippen LogP contribution in [0.25, 0.3) is 0 Å². The Hall–Kier alpha value is -1.64. The van der Waals surface area contributed by atoms with Crippen LogP contribution < -0.4 is 5.32 Å². The second-order valence-corrected chi connectivity index (χ2v) is 8.80. The maximum atomic E-state index is 11.6. The molecule has 0 aliphatic carbocycles. The van der Waals surface area contributed by atoms with Crippen LogP contribution in [0.5, 0.6) is 0 Å². The van der Waals surface area contributed by atoms with E-state index in [1.165, 1.54) is 0 Å². The fraction of sp³-hybridized carbons (Fsp3) is 0.562. The highest BCUT2D eigenvalue weighted by Crippen LogP contribution is 2.22. The van der Waals surface area contributed by atoms with Crippen LogP contribution in [0.15, 0.2) is 24.3 Å². The van der Waals surface area contributed by atoms with Crippen LogP contribution in [0.2, 0.25) is 0 Å². The van der Waals surface area contributed by atoms with Crippen molar-refractivity contribution in [2.24, 2.45) is 0 Å². The number of aliphatic hydroxyl groups excluding tert-OH is 2. The van der Waals surface area contributed by atoms with Crippen LogP contribution in [0.3, 0.4) is 0 Å². The normalized spacial score (nSPS) is 14.8. The zero-order valence-corrected chi connectivity index (χ0v) is 15.1. The third-order valence-corrected chi connectivity index (χ3v) is 3.85. The molecule has 2 unspecified atom stereocenters. The first-order valence-corrected chi connectivity index (χ1v) is 9.53. The van der Waals surface area contributed by atoms with E-state index in [2.05, 4.69) is 5.32 Å². The van der Waals surface area contributed by atoms with Gasteiger partial charge in [-0.1, -0.05) is 24.3 Å². The number of hydrogen-bond donors (Lipinski definition) is 3. The molecule has 24 heavy (non-hydrogen) atoms. The minimum Gasteiger partial charge on any atom is -0.444 e. The van der Waals surface area contributed by atoms with Gasteiger partial charge in [-0.25, -0.2) is 13.2 Å². The van der Waals surface area contributed by atoms with Gasteiger partial charge in [0.25, 0.3) is 0 Å². The van der Waals surface area contributed by atoms with Crippen LogP contribution in [-0.4, -0.2) is 49.2 Å². The molecule has 1 aromatic rings. The Morgan fingerprint density at radius 1 is 1.25 bits per heavy atom. The van der Waals surface area contributed by atoms with Gasteiger partial charge in [0.2, 0.25) is 0 Å². The summed E-state index contributed by atoms with van der Waals surface area (Å²) in [5.41, 5.74) is 0.0423. The minimum absolute atomic E-state index is 0.233. The zero-order chi connectivity index (χ0) is 18.5. The quantitative estimate of drug-likeness (QED) is 0.702. The van der Waals surface area contributed by atoms with Crippen LogP contribution >= 0.6 is 0 Å². The predicted molar refractivity (Wildman–Crippen MR) is 90.2 cm³/mol. The van der Waals surface area contributed by atoms with E-state index < -0.39 is 33.7 Å². The molecular weight excluding hydrogens is 334 g/mol. The number of rotatable bonds is 6. The van der Waals surface area contributed by atoms with Crippen LogP contribution in [-0.2, 0) is 20.3 Å². The van der Waals surface area contributed by atoms with Gasteiger partial charge in [0.05, 0.1) is 5.75 Å². The molecule has 0 heterocycles. The Labute approximate surface area is 142 Å². The Kier molecular flexibility index (Phi) is 6.76. The standard InChI is InChI=1S/C16H25NO6S/c1-16(2,3)23-15(20)17-9-13(18)14(19)12-8-6-5-7-11(12)10-24(4,21)22/h5-8,13-14,18-19H,9-10H2,1-4H3,(H,17,20). The number of carbonyl (C=O) groups is 1. The molecule has 0 spiro atoms. The Morgan fingerprint density at radius 2 is 1.83 bits per heavy atom. The third-order valence-electron chi connectivity index (χ3n) is 3.01. The molecule has 0 aliphatic heterocycles. The van der Waals surface area contributed by atoms with Gasteiger partial charge >= 0.3 is 6.09 Å². The Bertz CT molecular complexity index is 665. The largest absolute Gasteiger partial charge is 0.444 e. The SMILES string of the molecule is CC(C)(C)OC(=O)NCC(O)C(O)c1ccccc1CS(C)(=O)=O. The summed E-state index contributed by atoms with van der Waals surface area (Å²) >= 11 is 0. The number of sulfone groups is 1. The molecule has 1 aromatic carbocycles. The summed E-state index contributed by atoms with van der Waals surface area (Å²) < 4.78 is 28.0. The number of benzene rings is 1. The Balaban J connectivity index is 2.76. The maximum absolute atomic E-state index is 11.6. The molecule has 0 saturated heterocycles. The van der Waals surface area contributed by atoms with Gasteiger partial charge in [-0.15, -0.1) is 0 Å². The summed E-state index contributed by atoms with van der Waals surface area (Å²) in [6.45, 7) is 4.89. The van der Waals surface area contributed by atoms with Crippen molar-refractivity contribution >= 4 is 15.9 Å². The zero-order valence-electron chi connectivity index (χ0n) is 14.3. The van der Waals surface area contributed by atoms with Crippen molar-refractivity contribution in [2.75, 3.05) is 12.8 Å². The summed E-state index contributed by atoms with van der Waals surface area (Å²) in [7, 11) is -3.29. The average Bonchev–Trinajstić information content (AvgIpc) is 2.41. The molecule has 136 valence electrons. The molecule has 1 amide bonds. The molecule has 3 N–H and O–H groups in total. The van der Waals surface area contributed by atoms with Crippen molar-refractivity contribution in [3.63, 3.8) is 0 Å². The molecule has 2 atom stereocenters. The van der Waals surface area contributed by atoms with Crippen LogP contribution in [0.1, 0.15) is 38.0 Å². The maximum Gasteiger partial charge on any atom is 0.407 e. The summed E-state index contributed by atoms with van der Waals surface area (Å²) in [6.07, 6.45) is -2.26. The topological polar surface area (TPSA) is 113 Å². The average molecular weight is 359 g/mol. The number of carbonyl (C=O) groups excluding carboxylic acids is 1. The number of nitrogens with one attached hydrogen (secondary N) is 1. The fourth-order valence-electron chi connectivity index (χ4n) is 2.06. The molecule has 0 fully saturated rings. The lowest BCUT2D eigenvalue weighted by atomic mass is 9.99. The van der Waals surface area contributed by atoms with E-state index >= 15 is 0 Å². The van der Waals surface area contributed by atoms with Gasteiger partial charge in [0.15, 0.2) is 9.84 Å². The summed E-state index contributed by atoms with van der Waals surface area (Å²) in [5.74, 6) is -0.244. The summed E-state index contributed by atoms with van der Waals surface area (Å²) in [5, 5.41) is 22.7. The molecule has 0 saturated carbocycles. The number of aliphatic hydroxyl groups is 2. The van der Waals surface area contributed by atoms with E-state index in [9.17, 15) is 23.4 Å². The molecule has 0 radical (unpaired) electrons. The van der Waals surface area contributed by atoms with E-state index in [0.717, 1.165) is 6.26 Å². The molecular formula is C16H25NO6S. The van der Waals surface area contributed by atoms with E-state index in [4.69, 9.17) is 4.74 Å². The number of amides is 1. The van der Waals surface area contributed by atoms with E-state index in [1.807, 2.05) is 0 Å². The van der Waals surface area contributed by atoms with Gasteiger partial charge < -0.3 is 20.3 Å². The lowest BCUT2D eigenvalue weighted by Gasteiger charge is -2.23. The lowest BCUT2D eigenvalue weighted by Crippen LogP contribution is -2.39. The number of hydrogen-bond acceptors (Lipinski definition) is 6. The number of alkyl carbamates (subject to hydrolysis) is 1. The van der Waals surface area contributed by atoms with Gasteiger partial charge in [0, 0.05) is 12.8 Å². The minimum atomic E-state index is -3.29. The predicted octanol–water partition coefficient (Wildman–Crippen LogP) is 1.15. The van der Waals surface area contributed by atoms with E-state index in [1.54, 1.807) is 45.0 Å². The van der Waals surface area contributed by atoms with Crippen molar-refractivity contribution in [1.82, 2.24) is 5.32 Å².